The number of anilines is 1. The summed E-state index contributed by atoms with van der Waals surface area (Å²) in [6, 6.07) is 0.581. The first-order valence-corrected chi connectivity index (χ1v) is 6.68. The molecule has 96 valence electrons. The van der Waals surface area contributed by atoms with Gasteiger partial charge in [-0.2, -0.15) is 5.10 Å². The molecule has 0 aromatic carbocycles. The molecule has 0 radical (unpaired) electrons. The summed E-state index contributed by atoms with van der Waals surface area (Å²) in [7, 11) is 2.01. The Balaban J connectivity index is 2.20. The van der Waals surface area contributed by atoms with Crippen LogP contribution in [-0.2, 0) is 7.05 Å². The van der Waals surface area contributed by atoms with Crippen LogP contribution in [-0.4, -0.2) is 15.8 Å². The summed E-state index contributed by atoms with van der Waals surface area (Å²) in [5, 5.41) is 8.22. The molecule has 1 N–H and O–H groups in total. The van der Waals surface area contributed by atoms with Crippen LogP contribution in [0.5, 0.6) is 0 Å². The standard InChI is InChI=1S/C14H25N3/c1-10-13(11(2)17(5)16-10)15-12-8-6-7-9-14(12,3)4/h12,15H,6-9H2,1-5H3. The molecule has 1 aliphatic rings. The largest absolute Gasteiger partial charge is 0.379 e. The van der Waals surface area contributed by atoms with Crippen molar-refractivity contribution in [3.05, 3.63) is 11.4 Å². The predicted molar refractivity (Wildman–Crippen MR) is 72.3 cm³/mol. The van der Waals surface area contributed by atoms with Crippen LogP contribution in [0.15, 0.2) is 0 Å². The average Bonchev–Trinajstić information content (AvgIpc) is 2.47. The number of nitrogens with one attached hydrogen (secondary N) is 1. The molecule has 2 rings (SSSR count). The zero-order chi connectivity index (χ0) is 12.6. The Labute approximate surface area is 105 Å². The van der Waals surface area contributed by atoms with Crippen molar-refractivity contribution in [1.29, 1.82) is 0 Å². The van der Waals surface area contributed by atoms with Gasteiger partial charge in [0.2, 0.25) is 0 Å². The third-order valence-electron chi connectivity index (χ3n) is 4.33. The van der Waals surface area contributed by atoms with Crippen LogP contribution in [0.2, 0.25) is 0 Å². The summed E-state index contributed by atoms with van der Waals surface area (Å²) >= 11 is 0. The highest BCUT2D eigenvalue weighted by atomic mass is 15.3. The van der Waals surface area contributed by atoms with Gasteiger partial charge in [-0.3, -0.25) is 4.68 Å². The van der Waals surface area contributed by atoms with E-state index in [1.54, 1.807) is 0 Å². The van der Waals surface area contributed by atoms with Gasteiger partial charge in [-0.25, -0.2) is 0 Å². The normalized spacial score (nSPS) is 23.7. The minimum Gasteiger partial charge on any atom is -0.379 e. The molecule has 1 aliphatic carbocycles. The second kappa shape index (κ2) is 4.35. The minimum absolute atomic E-state index is 0.396. The molecule has 3 heteroatoms. The highest BCUT2D eigenvalue weighted by Crippen LogP contribution is 2.38. The number of nitrogens with zero attached hydrogens (tertiary/aromatic N) is 2. The molecule has 1 heterocycles. The Morgan fingerprint density at radius 2 is 2.00 bits per heavy atom. The van der Waals surface area contributed by atoms with Crippen molar-refractivity contribution in [2.45, 2.75) is 59.4 Å². The lowest BCUT2D eigenvalue weighted by Crippen LogP contribution is -2.39. The Kier molecular flexibility index (Phi) is 3.19. The Hall–Kier alpha value is -0.990. The lowest BCUT2D eigenvalue weighted by molar-refractivity contribution is 0.217. The van der Waals surface area contributed by atoms with Gasteiger partial charge in [0.25, 0.3) is 0 Å². The van der Waals surface area contributed by atoms with Gasteiger partial charge in [0, 0.05) is 13.1 Å². The molecule has 1 aromatic rings. The van der Waals surface area contributed by atoms with E-state index in [0.717, 1.165) is 5.69 Å². The fraction of sp³-hybridized carbons (Fsp3) is 0.786. The maximum Gasteiger partial charge on any atom is 0.0827 e. The number of rotatable bonds is 2. The van der Waals surface area contributed by atoms with Gasteiger partial charge >= 0.3 is 0 Å². The van der Waals surface area contributed by atoms with Gasteiger partial charge in [-0.15, -0.1) is 0 Å². The predicted octanol–water partition coefficient (Wildman–Crippen LogP) is 3.42. The van der Waals surface area contributed by atoms with E-state index in [4.69, 9.17) is 0 Å². The molecule has 0 spiro atoms. The first-order valence-electron chi connectivity index (χ1n) is 6.68. The van der Waals surface area contributed by atoms with Crippen LogP contribution in [0.25, 0.3) is 0 Å². The molecule has 1 aromatic heterocycles. The van der Waals surface area contributed by atoms with Crippen molar-refractivity contribution in [1.82, 2.24) is 9.78 Å². The van der Waals surface area contributed by atoms with Crippen molar-refractivity contribution in [2.24, 2.45) is 12.5 Å². The zero-order valence-corrected chi connectivity index (χ0v) is 11.8. The molecule has 1 fully saturated rings. The highest BCUT2D eigenvalue weighted by Gasteiger charge is 2.32. The number of aryl methyl sites for hydroxylation is 2. The summed E-state index contributed by atoms with van der Waals surface area (Å²) in [5.41, 5.74) is 4.00. The average molecular weight is 235 g/mol. The van der Waals surface area contributed by atoms with Crippen LogP contribution >= 0.6 is 0 Å². The van der Waals surface area contributed by atoms with Crippen LogP contribution in [0, 0.1) is 19.3 Å². The highest BCUT2D eigenvalue weighted by molar-refractivity contribution is 5.53. The van der Waals surface area contributed by atoms with Crippen LogP contribution in [0.1, 0.15) is 50.9 Å². The van der Waals surface area contributed by atoms with Gasteiger partial charge < -0.3 is 5.32 Å². The molecular weight excluding hydrogens is 210 g/mol. The van der Waals surface area contributed by atoms with Crippen molar-refractivity contribution >= 4 is 5.69 Å². The monoisotopic (exact) mass is 235 g/mol. The van der Waals surface area contributed by atoms with E-state index in [1.807, 2.05) is 11.7 Å². The first kappa shape index (κ1) is 12.5. The fourth-order valence-corrected chi connectivity index (χ4v) is 2.92. The van der Waals surface area contributed by atoms with E-state index >= 15 is 0 Å². The Bertz CT molecular complexity index is 404. The second-order valence-electron chi connectivity index (χ2n) is 6.10. The minimum atomic E-state index is 0.396. The van der Waals surface area contributed by atoms with E-state index in [1.165, 1.54) is 37.1 Å². The Morgan fingerprint density at radius 3 is 2.53 bits per heavy atom. The van der Waals surface area contributed by atoms with Gasteiger partial charge in [0.15, 0.2) is 0 Å². The lowest BCUT2D eigenvalue weighted by Gasteiger charge is -2.39. The summed E-state index contributed by atoms with van der Waals surface area (Å²) in [6.45, 7) is 8.99. The molecule has 0 amide bonds. The van der Waals surface area contributed by atoms with E-state index in [0.29, 0.717) is 11.5 Å². The molecule has 1 saturated carbocycles. The smallest absolute Gasteiger partial charge is 0.0827 e. The van der Waals surface area contributed by atoms with E-state index in [9.17, 15) is 0 Å². The summed E-state index contributed by atoms with van der Waals surface area (Å²) in [6.07, 6.45) is 5.32. The van der Waals surface area contributed by atoms with Gasteiger partial charge in [0.05, 0.1) is 17.1 Å². The van der Waals surface area contributed by atoms with Crippen molar-refractivity contribution in [3.63, 3.8) is 0 Å². The quantitative estimate of drug-likeness (QED) is 0.851. The molecule has 0 aliphatic heterocycles. The van der Waals surface area contributed by atoms with Crippen LogP contribution in [0.4, 0.5) is 5.69 Å². The summed E-state index contributed by atoms with van der Waals surface area (Å²) in [5.74, 6) is 0. The van der Waals surface area contributed by atoms with Crippen LogP contribution < -0.4 is 5.32 Å². The van der Waals surface area contributed by atoms with E-state index in [2.05, 4.69) is 38.1 Å². The van der Waals surface area contributed by atoms with Crippen molar-refractivity contribution < 1.29 is 0 Å². The third-order valence-corrected chi connectivity index (χ3v) is 4.33. The molecule has 1 atom stereocenters. The van der Waals surface area contributed by atoms with Crippen LogP contribution in [0.3, 0.4) is 0 Å². The Morgan fingerprint density at radius 1 is 1.29 bits per heavy atom. The van der Waals surface area contributed by atoms with Gasteiger partial charge in [0.1, 0.15) is 0 Å². The molecular formula is C14H25N3. The lowest BCUT2D eigenvalue weighted by atomic mass is 9.73. The number of aromatic nitrogens is 2. The zero-order valence-electron chi connectivity index (χ0n) is 11.8. The maximum atomic E-state index is 4.48. The van der Waals surface area contributed by atoms with Crippen molar-refractivity contribution in [3.8, 4) is 0 Å². The third kappa shape index (κ3) is 2.33. The van der Waals surface area contributed by atoms with E-state index < -0.39 is 0 Å². The number of hydrogen-bond acceptors (Lipinski definition) is 2. The van der Waals surface area contributed by atoms with Crippen molar-refractivity contribution in [2.75, 3.05) is 5.32 Å². The van der Waals surface area contributed by atoms with E-state index in [-0.39, 0.29) is 0 Å². The molecule has 3 nitrogen and oxygen atoms in total. The molecule has 17 heavy (non-hydrogen) atoms. The number of hydrogen-bond donors (Lipinski definition) is 1. The van der Waals surface area contributed by atoms with Gasteiger partial charge in [-0.1, -0.05) is 26.7 Å². The fourth-order valence-electron chi connectivity index (χ4n) is 2.92. The molecule has 0 saturated heterocycles. The summed E-state index contributed by atoms with van der Waals surface area (Å²) in [4.78, 5) is 0. The summed E-state index contributed by atoms with van der Waals surface area (Å²) < 4.78 is 1.97. The topological polar surface area (TPSA) is 29.9 Å². The first-order chi connectivity index (χ1) is 7.92. The molecule has 1 unspecified atom stereocenters. The SMILES string of the molecule is Cc1nn(C)c(C)c1NC1CCCCC1(C)C. The molecule has 0 bridgehead atoms. The van der Waals surface area contributed by atoms with Gasteiger partial charge in [-0.05, 0) is 32.1 Å². The maximum absolute atomic E-state index is 4.48. The second-order valence-corrected chi connectivity index (χ2v) is 6.10.